The molecule has 1 aromatic rings. The van der Waals surface area contributed by atoms with E-state index in [0.717, 1.165) is 17.7 Å². The van der Waals surface area contributed by atoms with Crippen LogP contribution in [-0.2, 0) is 16.0 Å². The zero-order valence-electron chi connectivity index (χ0n) is 14.2. The van der Waals surface area contributed by atoms with Crippen LogP contribution < -0.4 is 25.4 Å². The Morgan fingerprint density at radius 2 is 2.20 bits per heavy atom. The standard InChI is InChI=1S/C17H21N3O5/c1-3-24-14-7-10-6-9(2)25-13(10)8-12(14)18-15(21)5-4-11-16(22)20-17(23)19-11/h7-9,11H,3-6H2,1-2H3,(H,18,21)(H2,19,20,22,23). The number of benzene rings is 1. The molecule has 3 N–H and O–H groups in total. The SMILES string of the molecule is CCOc1cc2c(cc1NC(=O)CCC1NC(=O)NC1=O)OC(C)C2. The van der Waals surface area contributed by atoms with Gasteiger partial charge in [0.25, 0.3) is 5.91 Å². The average molecular weight is 347 g/mol. The number of hydrogen-bond acceptors (Lipinski definition) is 5. The van der Waals surface area contributed by atoms with E-state index in [0.29, 0.717) is 18.0 Å². The van der Waals surface area contributed by atoms with E-state index in [4.69, 9.17) is 9.47 Å². The molecule has 8 heteroatoms. The minimum atomic E-state index is -0.672. The van der Waals surface area contributed by atoms with Crippen LogP contribution in [-0.4, -0.2) is 36.6 Å². The molecule has 0 aromatic heterocycles. The van der Waals surface area contributed by atoms with Gasteiger partial charge in [0.05, 0.1) is 12.3 Å². The fourth-order valence-electron chi connectivity index (χ4n) is 2.96. The summed E-state index contributed by atoms with van der Waals surface area (Å²) in [6.07, 6.45) is 1.23. The molecule has 4 amide bonds. The largest absolute Gasteiger partial charge is 0.492 e. The molecule has 0 radical (unpaired) electrons. The van der Waals surface area contributed by atoms with Gasteiger partial charge in [0.1, 0.15) is 23.6 Å². The van der Waals surface area contributed by atoms with E-state index >= 15 is 0 Å². The molecular formula is C17H21N3O5. The van der Waals surface area contributed by atoms with Crippen molar-refractivity contribution in [3.8, 4) is 11.5 Å². The lowest BCUT2D eigenvalue weighted by Crippen LogP contribution is -2.30. The van der Waals surface area contributed by atoms with Gasteiger partial charge in [0, 0.05) is 24.5 Å². The van der Waals surface area contributed by atoms with Gasteiger partial charge < -0.3 is 20.1 Å². The third-order valence-electron chi connectivity index (χ3n) is 4.09. The van der Waals surface area contributed by atoms with Crippen LogP contribution in [0.2, 0.25) is 0 Å². The minimum absolute atomic E-state index is 0.0955. The number of carbonyl (C=O) groups is 3. The third kappa shape index (κ3) is 3.84. The summed E-state index contributed by atoms with van der Waals surface area (Å²) in [7, 11) is 0. The number of rotatable bonds is 6. The van der Waals surface area contributed by atoms with Gasteiger partial charge in [-0.15, -0.1) is 0 Å². The van der Waals surface area contributed by atoms with Crippen molar-refractivity contribution >= 4 is 23.5 Å². The first kappa shape index (κ1) is 17.1. The first-order chi connectivity index (χ1) is 12.0. The van der Waals surface area contributed by atoms with E-state index in [1.54, 1.807) is 6.07 Å². The summed E-state index contributed by atoms with van der Waals surface area (Å²) >= 11 is 0. The quantitative estimate of drug-likeness (QED) is 0.673. The summed E-state index contributed by atoms with van der Waals surface area (Å²) in [4.78, 5) is 34.8. The molecule has 2 atom stereocenters. The zero-order chi connectivity index (χ0) is 18.0. The van der Waals surface area contributed by atoms with Crippen molar-refractivity contribution in [3.63, 3.8) is 0 Å². The van der Waals surface area contributed by atoms with E-state index in [9.17, 15) is 14.4 Å². The zero-order valence-corrected chi connectivity index (χ0v) is 14.2. The van der Waals surface area contributed by atoms with Crippen LogP contribution in [0.1, 0.15) is 32.3 Å². The van der Waals surface area contributed by atoms with Crippen LogP contribution in [0.3, 0.4) is 0 Å². The molecule has 0 saturated carbocycles. The van der Waals surface area contributed by atoms with Crippen LogP contribution in [0.25, 0.3) is 0 Å². The van der Waals surface area contributed by atoms with Gasteiger partial charge in [-0.2, -0.15) is 0 Å². The Labute approximate surface area is 145 Å². The summed E-state index contributed by atoms with van der Waals surface area (Å²) in [5, 5.41) is 7.41. The van der Waals surface area contributed by atoms with Crippen molar-refractivity contribution in [2.45, 2.75) is 45.3 Å². The van der Waals surface area contributed by atoms with Gasteiger partial charge in [0.15, 0.2) is 0 Å². The maximum Gasteiger partial charge on any atom is 0.322 e. The van der Waals surface area contributed by atoms with E-state index in [1.165, 1.54) is 0 Å². The number of imide groups is 1. The Kier molecular flexibility index (Phi) is 4.78. The first-order valence-corrected chi connectivity index (χ1v) is 8.34. The van der Waals surface area contributed by atoms with Crippen molar-refractivity contribution in [2.75, 3.05) is 11.9 Å². The van der Waals surface area contributed by atoms with Gasteiger partial charge >= 0.3 is 6.03 Å². The lowest BCUT2D eigenvalue weighted by molar-refractivity contribution is -0.120. The fourth-order valence-corrected chi connectivity index (χ4v) is 2.96. The number of urea groups is 1. The molecule has 8 nitrogen and oxygen atoms in total. The highest BCUT2D eigenvalue weighted by atomic mass is 16.5. The summed E-state index contributed by atoms with van der Waals surface area (Å²) in [6, 6.07) is 2.46. The second kappa shape index (κ2) is 7.00. The number of carbonyl (C=O) groups excluding carboxylic acids is 3. The second-order valence-corrected chi connectivity index (χ2v) is 6.12. The Morgan fingerprint density at radius 1 is 1.40 bits per heavy atom. The predicted octanol–water partition coefficient (Wildman–Crippen LogP) is 1.34. The average Bonchev–Trinajstić information content (AvgIpc) is 3.06. The minimum Gasteiger partial charge on any atom is -0.492 e. The van der Waals surface area contributed by atoms with Gasteiger partial charge in [-0.1, -0.05) is 0 Å². The Balaban J connectivity index is 1.65. The van der Waals surface area contributed by atoms with Gasteiger partial charge in [-0.05, 0) is 26.3 Å². The van der Waals surface area contributed by atoms with Gasteiger partial charge in [-0.3, -0.25) is 14.9 Å². The molecule has 0 spiro atoms. The molecule has 3 rings (SSSR count). The van der Waals surface area contributed by atoms with Crippen LogP contribution in [0.5, 0.6) is 11.5 Å². The highest BCUT2D eigenvalue weighted by Crippen LogP contribution is 2.38. The number of amides is 4. The molecule has 134 valence electrons. The number of fused-ring (bicyclic) bond motifs is 1. The molecule has 1 aromatic carbocycles. The van der Waals surface area contributed by atoms with Gasteiger partial charge in [-0.25, -0.2) is 4.79 Å². The molecule has 0 bridgehead atoms. The maximum absolute atomic E-state index is 12.2. The normalized spacial score (nSPS) is 21.2. The van der Waals surface area contributed by atoms with Crippen molar-refractivity contribution in [2.24, 2.45) is 0 Å². The van der Waals surface area contributed by atoms with Crippen molar-refractivity contribution in [3.05, 3.63) is 17.7 Å². The molecule has 2 unspecified atom stereocenters. The second-order valence-electron chi connectivity index (χ2n) is 6.12. The Bertz CT molecular complexity index is 718. The van der Waals surface area contributed by atoms with E-state index in [1.807, 2.05) is 19.9 Å². The summed E-state index contributed by atoms with van der Waals surface area (Å²) < 4.78 is 11.3. The first-order valence-electron chi connectivity index (χ1n) is 8.34. The molecule has 2 aliphatic rings. The van der Waals surface area contributed by atoms with E-state index in [-0.39, 0.29) is 24.9 Å². The van der Waals surface area contributed by atoms with Crippen LogP contribution in [0.15, 0.2) is 12.1 Å². The number of nitrogens with one attached hydrogen (secondary N) is 3. The summed E-state index contributed by atoms with van der Waals surface area (Å²) in [5.41, 5.74) is 1.60. The Hall–Kier alpha value is -2.77. The van der Waals surface area contributed by atoms with E-state index < -0.39 is 18.0 Å². The lowest BCUT2D eigenvalue weighted by atomic mass is 10.1. The van der Waals surface area contributed by atoms with Crippen LogP contribution in [0.4, 0.5) is 10.5 Å². The van der Waals surface area contributed by atoms with E-state index in [2.05, 4.69) is 16.0 Å². The number of ether oxygens (including phenoxy) is 2. The number of anilines is 1. The van der Waals surface area contributed by atoms with Crippen molar-refractivity contribution < 1.29 is 23.9 Å². The lowest BCUT2D eigenvalue weighted by Gasteiger charge is -2.14. The Morgan fingerprint density at radius 3 is 2.88 bits per heavy atom. The molecule has 25 heavy (non-hydrogen) atoms. The molecule has 2 heterocycles. The fraction of sp³-hybridized carbons (Fsp3) is 0.471. The van der Waals surface area contributed by atoms with Gasteiger partial charge in [0.2, 0.25) is 5.91 Å². The summed E-state index contributed by atoms with van der Waals surface area (Å²) in [5.74, 6) is 0.668. The maximum atomic E-state index is 12.2. The van der Waals surface area contributed by atoms with Crippen molar-refractivity contribution in [1.82, 2.24) is 10.6 Å². The summed E-state index contributed by atoms with van der Waals surface area (Å²) in [6.45, 7) is 4.34. The highest BCUT2D eigenvalue weighted by Gasteiger charge is 2.29. The third-order valence-corrected chi connectivity index (χ3v) is 4.09. The number of hydrogen-bond donors (Lipinski definition) is 3. The van der Waals surface area contributed by atoms with Crippen LogP contribution in [0, 0.1) is 0 Å². The molecule has 0 aliphatic carbocycles. The van der Waals surface area contributed by atoms with Crippen LogP contribution >= 0.6 is 0 Å². The predicted molar refractivity (Wildman–Crippen MR) is 89.7 cm³/mol. The molecule has 2 aliphatic heterocycles. The monoisotopic (exact) mass is 347 g/mol. The molecular weight excluding hydrogens is 326 g/mol. The van der Waals surface area contributed by atoms with Crippen molar-refractivity contribution in [1.29, 1.82) is 0 Å². The molecule has 1 fully saturated rings. The highest BCUT2D eigenvalue weighted by molar-refractivity contribution is 6.04. The smallest absolute Gasteiger partial charge is 0.322 e. The topological polar surface area (TPSA) is 106 Å². The molecule has 1 saturated heterocycles.